The molecule has 0 bridgehead atoms. The summed E-state index contributed by atoms with van der Waals surface area (Å²) in [4.78, 5) is 18.9. The lowest BCUT2D eigenvalue weighted by atomic mass is 10.0. The third kappa shape index (κ3) is 4.90. The van der Waals surface area contributed by atoms with E-state index in [2.05, 4.69) is 21.5 Å². The van der Waals surface area contributed by atoms with E-state index in [1.54, 1.807) is 36.5 Å². The van der Waals surface area contributed by atoms with Gasteiger partial charge in [0, 0.05) is 18.3 Å². The molecule has 0 radical (unpaired) electrons. The fourth-order valence-electron chi connectivity index (χ4n) is 3.59. The van der Waals surface area contributed by atoms with Crippen LogP contribution in [0.3, 0.4) is 0 Å². The molecule has 0 unspecified atom stereocenters. The first kappa shape index (κ1) is 22.0. The maximum atomic E-state index is 12.6. The van der Waals surface area contributed by atoms with Gasteiger partial charge in [-0.1, -0.05) is 6.07 Å². The topological polar surface area (TPSA) is 107 Å². The van der Waals surface area contributed by atoms with Crippen molar-refractivity contribution < 1.29 is 9.90 Å². The molecule has 0 saturated carbocycles. The molecule has 3 aromatic rings. The molecule has 0 atom stereocenters. The summed E-state index contributed by atoms with van der Waals surface area (Å²) in [6.45, 7) is 6.49. The van der Waals surface area contributed by atoms with Crippen molar-refractivity contribution in [3.05, 3.63) is 59.4 Å². The fourth-order valence-corrected chi connectivity index (χ4v) is 3.59. The van der Waals surface area contributed by atoms with Gasteiger partial charge in [-0.15, -0.1) is 0 Å². The second-order valence-electron chi connectivity index (χ2n) is 8.42. The number of carbonyl (C=O) groups excluding carboxylic acids is 1. The Morgan fingerprint density at radius 2 is 1.97 bits per heavy atom. The molecule has 160 valence electrons. The van der Waals surface area contributed by atoms with E-state index in [1.165, 1.54) is 10.9 Å². The Bertz CT molecular complexity index is 1140. The van der Waals surface area contributed by atoms with E-state index in [4.69, 9.17) is 5.26 Å². The third-order valence-electron chi connectivity index (χ3n) is 4.78. The maximum Gasteiger partial charge on any atom is 0.253 e. The summed E-state index contributed by atoms with van der Waals surface area (Å²) in [5.74, 6) is 0.105. The number of aromatic hydroxyl groups is 1. The average molecular weight is 419 g/mol. The first-order chi connectivity index (χ1) is 14.6. The highest BCUT2D eigenvalue weighted by Gasteiger charge is 2.22. The number of hydrogen-bond acceptors (Lipinski definition) is 6. The van der Waals surface area contributed by atoms with E-state index in [9.17, 15) is 9.90 Å². The zero-order chi connectivity index (χ0) is 22.8. The molecule has 8 nitrogen and oxygen atoms in total. The summed E-state index contributed by atoms with van der Waals surface area (Å²) in [6, 6.07) is 10.6. The highest BCUT2D eigenvalue weighted by molar-refractivity contribution is 5.94. The highest BCUT2D eigenvalue weighted by atomic mass is 16.3. The molecular formula is C23H26N6O2. The van der Waals surface area contributed by atoms with Crippen molar-refractivity contribution in [2.75, 3.05) is 20.6 Å². The van der Waals surface area contributed by atoms with Crippen LogP contribution in [-0.2, 0) is 0 Å². The average Bonchev–Trinajstić information content (AvgIpc) is 3.07. The second kappa shape index (κ2) is 8.58. The first-order valence-corrected chi connectivity index (χ1v) is 9.83. The van der Waals surface area contributed by atoms with E-state index < -0.39 is 5.54 Å². The molecule has 2 N–H and O–H groups in total. The Morgan fingerprint density at radius 3 is 2.55 bits per heavy atom. The summed E-state index contributed by atoms with van der Waals surface area (Å²) < 4.78 is 1.31. The van der Waals surface area contributed by atoms with E-state index in [-0.39, 0.29) is 11.8 Å². The Kier molecular flexibility index (Phi) is 6.09. The molecule has 0 aliphatic rings. The Hall–Kier alpha value is -3.70. The standard InChI is InChI=1S/C23H26N6O2/c1-15-10-16(11-24)6-8-18(15)19-13-26-29(22(19)31)20-9-7-17(12-25-20)21(30)27-23(2,3)14-28(4)5/h6-10,12-13,31H,14H2,1-5H3,(H,27,30). The van der Waals surface area contributed by atoms with Crippen LogP contribution in [0.2, 0.25) is 0 Å². The quantitative estimate of drug-likeness (QED) is 0.637. The minimum absolute atomic E-state index is 0.0652. The van der Waals surface area contributed by atoms with Crippen molar-refractivity contribution in [2.45, 2.75) is 26.3 Å². The van der Waals surface area contributed by atoms with Crippen LogP contribution in [0, 0.1) is 18.3 Å². The normalized spacial score (nSPS) is 11.4. The van der Waals surface area contributed by atoms with Crippen LogP contribution in [0.4, 0.5) is 0 Å². The molecule has 2 heterocycles. The minimum Gasteiger partial charge on any atom is -0.493 e. The van der Waals surface area contributed by atoms with Gasteiger partial charge < -0.3 is 15.3 Å². The van der Waals surface area contributed by atoms with Crippen LogP contribution < -0.4 is 5.32 Å². The molecule has 0 fully saturated rings. The van der Waals surface area contributed by atoms with Gasteiger partial charge >= 0.3 is 0 Å². The van der Waals surface area contributed by atoms with Crippen LogP contribution in [0.1, 0.15) is 35.3 Å². The summed E-state index contributed by atoms with van der Waals surface area (Å²) in [6.07, 6.45) is 3.01. The van der Waals surface area contributed by atoms with Gasteiger partial charge in [0.1, 0.15) is 0 Å². The van der Waals surface area contributed by atoms with Crippen LogP contribution in [0.5, 0.6) is 5.88 Å². The van der Waals surface area contributed by atoms with E-state index in [0.717, 1.165) is 11.1 Å². The number of nitrogens with zero attached hydrogens (tertiary/aromatic N) is 5. The van der Waals surface area contributed by atoms with Gasteiger partial charge in [-0.05, 0) is 70.3 Å². The monoisotopic (exact) mass is 418 g/mol. The van der Waals surface area contributed by atoms with Gasteiger partial charge in [0.2, 0.25) is 5.88 Å². The van der Waals surface area contributed by atoms with Gasteiger partial charge in [-0.25, -0.2) is 4.98 Å². The molecule has 0 spiro atoms. The van der Waals surface area contributed by atoms with Crippen molar-refractivity contribution in [3.8, 4) is 28.9 Å². The van der Waals surface area contributed by atoms with Crippen molar-refractivity contribution in [3.63, 3.8) is 0 Å². The lowest BCUT2D eigenvalue weighted by molar-refractivity contribution is 0.0899. The lowest BCUT2D eigenvalue weighted by Gasteiger charge is -2.29. The summed E-state index contributed by atoms with van der Waals surface area (Å²) in [7, 11) is 3.91. The predicted molar refractivity (Wildman–Crippen MR) is 118 cm³/mol. The second-order valence-corrected chi connectivity index (χ2v) is 8.42. The lowest BCUT2D eigenvalue weighted by Crippen LogP contribution is -2.50. The van der Waals surface area contributed by atoms with Crippen LogP contribution in [0.15, 0.2) is 42.7 Å². The maximum absolute atomic E-state index is 12.6. The number of nitrogens with one attached hydrogen (secondary N) is 1. The fraction of sp³-hybridized carbons (Fsp3) is 0.304. The number of nitriles is 1. The number of likely N-dealkylation sites (N-methyl/N-ethyl adjacent to an activating group) is 1. The smallest absolute Gasteiger partial charge is 0.253 e. The number of hydrogen-bond donors (Lipinski definition) is 2. The number of pyridine rings is 1. The Labute approximate surface area is 181 Å². The molecule has 0 aliphatic carbocycles. The summed E-state index contributed by atoms with van der Waals surface area (Å²) >= 11 is 0. The molecular weight excluding hydrogens is 392 g/mol. The predicted octanol–water partition coefficient (Wildman–Crippen LogP) is 2.89. The van der Waals surface area contributed by atoms with Gasteiger partial charge in [-0.3, -0.25) is 4.79 Å². The largest absolute Gasteiger partial charge is 0.493 e. The zero-order valence-corrected chi connectivity index (χ0v) is 18.3. The van der Waals surface area contributed by atoms with Crippen molar-refractivity contribution in [1.29, 1.82) is 5.26 Å². The zero-order valence-electron chi connectivity index (χ0n) is 18.3. The van der Waals surface area contributed by atoms with Gasteiger partial charge in [0.05, 0.1) is 29.0 Å². The number of aromatic nitrogens is 3. The van der Waals surface area contributed by atoms with Crippen LogP contribution in [0.25, 0.3) is 16.9 Å². The van der Waals surface area contributed by atoms with Crippen molar-refractivity contribution in [2.24, 2.45) is 0 Å². The number of amides is 1. The summed E-state index contributed by atoms with van der Waals surface area (Å²) in [5.41, 5.74) is 2.75. The number of carbonyl (C=O) groups is 1. The highest BCUT2D eigenvalue weighted by Crippen LogP contribution is 2.33. The van der Waals surface area contributed by atoms with Gasteiger partial charge in [0.25, 0.3) is 5.91 Å². The third-order valence-corrected chi connectivity index (χ3v) is 4.78. The molecule has 8 heteroatoms. The van der Waals surface area contributed by atoms with E-state index in [0.29, 0.717) is 29.1 Å². The number of benzene rings is 1. The molecule has 31 heavy (non-hydrogen) atoms. The molecule has 2 aromatic heterocycles. The molecule has 1 aromatic carbocycles. The summed E-state index contributed by atoms with van der Waals surface area (Å²) in [5, 5.41) is 27.0. The SMILES string of the molecule is Cc1cc(C#N)ccc1-c1cnn(-c2ccc(C(=O)NC(C)(C)CN(C)C)cn2)c1O. The van der Waals surface area contributed by atoms with Crippen molar-refractivity contribution >= 4 is 5.91 Å². The molecule has 0 saturated heterocycles. The Balaban J connectivity index is 1.83. The van der Waals surface area contributed by atoms with Gasteiger partial charge in [-0.2, -0.15) is 15.0 Å². The molecule has 1 amide bonds. The molecule has 0 aliphatic heterocycles. The van der Waals surface area contributed by atoms with Crippen molar-refractivity contribution in [1.82, 2.24) is 25.0 Å². The van der Waals surface area contributed by atoms with E-state index >= 15 is 0 Å². The first-order valence-electron chi connectivity index (χ1n) is 9.83. The number of rotatable bonds is 6. The van der Waals surface area contributed by atoms with E-state index in [1.807, 2.05) is 39.8 Å². The van der Waals surface area contributed by atoms with Gasteiger partial charge in [0.15, 0.2) is 5.82 Å². The van der Waals surface area contributed by atoms with Crippen LogP contribution in [-0.4, -0.2) is 56.9 Å². The Morgan fingerprint density at radius 1 is 1.23 bits per heavy atom. The minimum atomic E-state index is -0.395. The van der Waals surface area contributed by atoms with Crippen LogP contribution >= 0.6 is 0 Å². The molecule has 3 rings (SSSR count). The number of aryl methyl sites for hydroxylation is 1.